The molecule has 7 nitrogen and oxygen atoms in total. The van der Waals surface area contributed by atoms with Gasteiger partial charge in [-0.2, -0.15) is 0 Å². The molecule has 16 heteroatoms. The number of esters is 3. The molecule has 0 aliphatic carbocycles. The fourth-order valence-electron chi connectivity index (χ4n) is 3.30. The van der Waals surface area contributed by atoms with Gasteiger partial charge in [0.25, 0.3) is 0 Å². The van der Waals surface area contributed by atoms with E-state index in [-0.39, 0.29) is 26.4 Å². The second kappa shape index (κ2) is 17.8. The van der Waals surface area contributed by atoms with Gasteiger partial charge in [0.05, 0.1) is 22.1 Å². The molecule has 0 saturated heterocycles. The summed E-state index contributed by atoms with van der Waals surface area (Å²) in [6.45, 7) is -0.779. The van der Waals surface area contributed by atoms with E-state index in [0.29, 0.717) is 16.7 Å². The Morgan fingerprint density at radius 2 is 0.786 bits per heavy atom. The first kappa shape index (κ1) is 39.0. The van der Waals surface area contributed by atoms with E-state index < -0.39 is 23.3 Å². The quantitative estimate of drug-likeness (QED) is 0.0937. The molecule has 0 unspecified atom stereocenters. The number of nitrogens with two attached hydrogens (primary N) is 1. The predicted octanol–water partition coefficient (Wildman–Crippen LogP) is 8.94. The van der Waals surface area contributed by atoms with Crippen molar-refractivity contribution in [2.45, 2.75) is 0 Å². The van der Waals surface area contributed by atoms with Crippen LogP contribution in [-0.2, 0) is 14.2 Å². The van der Waals surface area contributed by atoms with Crippen LogP contribution in [0.2, 0.25) is 0 Å². The van der Waals surface area contributed by atoms with Gasteiger partial charge in [-0.05, 0) is 240 Å². The van der Waals surface area contributed by atoms with Gasteiger partial charge in [0, 0.05) is 38.7 Å². The Hall–Kier alpha value is 2.60. The summed E-state index contributed by atoms with van der Waals surface area (Å²) in [7, 11) is 0. The SMILES string of the molecule is NCC(COC(=O)c1cc(I)cc(I)c1I)(COC(=O)c1cc(I)cc(I)c1I)COC(=O)c1cc(I)cc(I)c1I. The van der Waals surface area contributed by atoms with Gasteiger partial charge in [-0.1, -0.05) is 0 Å². The summed E-state index contributed by atoms with van der Waals surface area (Å²) < 4.78 is 25.0. The van der Waals surface area contributed by atoms with Crippen LogP contribution in [0.15, 0.2) is 36.4 Å². The molecule has 3 aromatic rings. The fourth-order valence-corrected chi connectivity index (χ4v) is 10.4. The highest BCUT2D eigenvalue weighted by atomic mass is 127. The van der Waals surface area contributed by atoms with Crippen molar-refractivity contribution in [2.24, 2.45) is 11.1 Å². The molecule has 0 spiro atoms. The maximum atomic E-state index is 13.2. The molecule has 0 amide bonds. The van der Waals surface area contributed by atoms with E-state index >= 15 is 0 Å². The highest BCUT2D eigenvalue weighted by Crippen LogP contribution is 2.28. The lowest BCUT2D eigenvalue weighted by Crippen LogP contribution is -2.45. The smallest absolute Gasteiger partial charge is 0.339 e. The van der Waals surface area contributed by atoms with Gasteiger partial charge < -0.3 is 19.9 Å². The molecule has 0 aliphatic rings. The zero-order valence-corrected chi connectivity index (χ0v) is 40.1. The number of carbonyl (C=O) groups is 3. The number of hydrogen-bond acceptors (Lipinski definition) is 7. The van der Waals surface area contributed by atoms with Crippen LogP contribution in [0.4, 0.5) is 0 Å². The topological polar surface area (TPSA) is 105 Å². The first-order valence-corrected chi connectivity index (χ1v) is 21.0. The molecule has 0 atom stereocenters. The van der Waals surface area contributed by atoms with Crippen LogP contribution in [0.5, 0.6) is 0 Å². The molecule has 0 fully saturated rings. The van der Waals surface area contributed by atoms with Gasteiger partial charge in [0.15, 0.2) is 0 Å². The molecule has 42 heavy (non-hydrogen) atoms. The van der Waals surface area contributed by atoms with Crippen molar-refractivity contribution in [2.75, 3.05) is 26.4 Å². The predicted molar refractivity (Wildman–Crippen MR) is 236 cm³/mol. The average molecular weight is 1580 g/mol. The molecule has 0 aromatic heterocycles. The van der Waals surface area contributed by atoms with E-state index in [0.717, 1.165) is 32.1 Å². The van der Waals surface area contributed by atoms with Crippen LogP contribution < -0.4 is 5.73 Å². The molecule has 0 aliphatic heterocycles. The summed E-state index contributed by atoms with van der Waals surface area (Å²) in [6.07, 6.45) is 0. The fraction of sp³-hybridized carbons (Fsp3) is 0.192. The normalized spacial score (nSPS) is 11.3. The third kappa shape index (κ3) is 10.5. The van der Waals surface area contributed by atoms with Crippen LogP contribution in [0.25, 0.3) is 0 Å². The Morgan fingerprint density at radius 3 is 1.02 bits per heavy atom. The molecule has 0 heterocycles. The van der Waals surface area contributed by atoms with Crippen molar-refractivity contribution in [3.63, 3.8) is 0 Å². The standard InChI is InChI=1S/C26H16I9NO6/c27-11-1-14(20(33)17(30)4-11)23(37)40-8-26(7-36,9-41-24(38)15-2-12(28)5-18(31)21(15)34)10-42-25(39)16-3-13(29)6-19(32)22(16)35/h1-6H,7-10,36H2. The summed E-state index contributed by atoms with van der Waals surface area (Å²) in [5.41, 5.74) is 6.28. The molecule has 0 radical (unpaired) electrons. The van der Waals surface area contributed by atoms with Crippen LogP contribution >= 0.6 is 203 Å². The summed E-state index contributed by atoms with van der Waals surface area (Å²) in [6, 6.07) is 11.1. The van der Waals surface area contributed by atoms with Gasteiger partial charge in [-0.25, -0.2) is 14.4 Å². The van der Waals surface area contributed by atoms with E-state index in [1.807, 2.05) is 18.2 Å². The third-order valence-electron chi connectivity index (χ3n) is 5.60. The van der Waals surface area contributed by atoms with Crippen molar-refractivity contribution in [1.29, 1.82) is 0 Å². The minimum atomic E-state index is -1.19. The Balaban J connectivity index is 1.88. The number of hydrogen-bond donors (Lipinski definition) is 1. The summed E-state index contributed by atoms with van der Waals surface area (Å²) >= 11 is 19.3. The molecule has 0 bridgehead atoms. The number of carbonyl (C=O) groups excluding carboxylic acids is 3. The van der Waals surface area contributed by atoms with Gasteiger partial charge in [-0.15, -0.1) is 0 Å². The van der Waals surface area contributed by atoms with Crippen molar-refractivity contribution >= 4 is 221 Å². The third-order valence-corrected chi connectivity index (χ3v) is 16.6. The summed E-state index contributed by atoms with van der Waals surface area (Å²) in [5.74, 6) is -1.64. The second-order valence-corrected chi connectivity index (χ2v) is 19.1. The number of halogens is 9. The van der Waals surface area contributed by atoms with E-state index in [2.05, 4.69) is 203 Å². The monoisotopic (exact) mass is 1580 g/mol. The molecular formula is C26H16I9NO6. The molecule has 3 rings (SSSR count). The van der Waals surface area contributed by atoms with Crippen LogP contribution in [0.3, 0.4) is 0 Å². The van der Waals surface area contributed by atoms with Crippen LogP contribution in [0.1, 0.15) is 31.1 Å². The highest BCUT2D eigenvalue weighted by molar-refractivity contribution is 14.1. The number of benzene rings is 3. The van der Waals surface area contributed by atoms with Crippen molar-refractivity contribution in [3.05, 3.63) is 85.2 Å². The molecule has 0 saturated carbocycles. The lowest BCUT2D eigenvalue weighted by Gasteiger charge is -2.31. The zero-order valence-electron chi connectivity index (χ0n) is 20.7. The first-order chi connectivity index (χ1) is 19.7. The Kier molecular flexibility index (Phi) is 16.6. The van der Waals surface area contributed by atoms with E-state index in [9.17, 15) is 14.4 Å². The molecule has 2 N–H and O–H groups in total. The largest absolute Gasteiger partial charge is 0.461 e. The summed E-state index contributed by atoms with van der Waals surface area (Å²) in [5, 5.41) is 0. The van der Waals surface area contributed by atoms with Gasteiger partial charge in [-0.3, -0.25) is 0 Å². The van der Waals surface area contributed by atoms with Crippen LogP contribution in [0, 0.1) is 37.5 Å². The average Bonchev–Trinajstić information content (AvgIpc) is 2.93. The second-order valence-electron chi connectivity index (χ2n) is 8.68. The summed E-state index contributed by atoms with van der Waals surface area (Å²) in [4.78, 5) is 39.6. The zero-order chi connectivity index (χ0) is 31.4. The maximum absolute atomic E-state index is 13.2. The van der Waals surface area contributed by atoms with E-state index in [1.165, 1.54) is 0 Å². The Labute approximate surface area is 365 Å². The Bertz CT molecular complexity index is 1370. The maximum Gasteiger partial charge on any atom is 0.339 e. The van der Waals surface area contributed by atoms with Gasteiger partial charge in [0.2, 0.25) is 0 Å². The Morgan fingerprint density at radius 1 is 0.524 bits per heavy atom. The minimum absolute atomic E-state index is 0.0797. The molecule has 224 valence electrons. The number of rotatable bonds is 10. The van der Waals surface area contributed by atoms with E-state index in [1.54, 1.807) is 18.2 Å². The highest BCUT2D eigenvalue weighted by Gasteiger charge is 2.36. The van der Waals surface area contributed by atoms with Crippen molar-refractivity contribution < 1.29 is 28.6 Å². The van der Waals surface area contributed by atoms with Gasteiger partial charge in [0.1, 0.15) is 19.8 Å². The van der Waals surface area contributed by atoms with Crippen molar-refractivity contribution in [3.8, 4) is 0 Å². The molecule has 3 aromatic carbocycles. The number of ether oxygens (including phenoxy) is 3. The lowest BCUT2D eigenvalue weighted by molar-refractivity contribution is -0.0327. The first-order valence-electron chi connectivity index (χ1n) is 11.3. The molecular weight excluding hydrogens is 1560 g/mol. The minimum Gasteiger partial charge on any atom is -0.461 e. The van der Waals surface area contributed by atoms with Crippen LogP contribution in [-0.4, -0.2) is 44.3 Å². The van der Waals surface area contributed by atoms with E-state index in [4.69, 9.17) is 19.9 Å². The lowest BCUT2D eigenvalue weighted by atomic mass is 9.91. The van der Waals surface area contributed by atoms with Gasteiger partial charge >= 0.3 is 17.9 Å². The van der Waals surface area contributed by atoms with Crippen molar-refractivity contribution in [1.82, 2.24) is 0 Å².